The number of carbonyl (C=O) groups excluding carboxylic acids is 1. The van der Waals surface area contributed by atoms with Gasteiger partial charge >= 0.3 is 0 Å². The first-order chi connectivity index (χ1) is 8.49. The quantitative estimate of drug-likeness (QED) is 0.808. The molecule has 0 radical (unpaired) electrons. The molecule has 0 aliphatic rings. The van der Waals surface area contributed by atoms with Gasteiger partial charge in [-0.25, -0.2) is 0 Å². The third-order valence-corrected chi connectivity index (χ3v) is 3.28. The summed E-state index contributed by atoms with van der Waals surface area (Å²) in [5, 5.41) is 0. The molecular weight excluding hydrogens is 296 g/mol. The van der Waals surface area contributed by atoms with Crippen LogP contribution in [0.25, 0.3) is 0 Å². The topological polar surface area (TPSA) is 35.5 Å². The van der Waals surface area contributed by atoms with Gasteiger partial charge in [0.25, 0.3) is 0 Å². The van der Waals surface area contributed by atoms with Gasteiger partial charge in [0, 0.05) is 23.6 Å². The van der Waals surface area contributed by atoms with Crippen LogP contribution >= 0.6 is 15.9 Å². The largest absolute Gasteiger partial charge is 0.496 e. The van der Waals surface area contributed by atoms with Crippen molar-refractivity contribution in [3.63, 3.8) is 0 Å². The minimum absolute atomic E-state index is 0.0731. The Labute approximate surface area is 117 Å². The Kier molecular flexibility index (Phi) is 5.82. The van der Waals surface area contributed by atoms with Gasteiger partial charge in [-0.05, 0) is 24.1 Å². The van der Waals surface area contributed by atoms with Crippen LogP contribution in [0, 0.1) is 5.92 Å². The Balaban J connectivity index is 2.89. The molecule has 0 spiro atoms. The van der Waals surface area contributed by atoms with Crippen molar-refractivity contribution >= 4 is 21.7 Å². The molecule has 0 bridgehead atoms. The van der Waals surface area contributed by atoms with Gasteiger partial charge in [0.05, 0.1) is 7.11 Å². The molecule has 0 aliphatic carbocycles. The van der Waals surface area contributed by atoms with Gasteiger partial charge in [0.2, 0.25) is 0 Å². The molecule has 0 aliphatic heterocycles. The van der Waals surface area contributed by atoms with Crippen LogP contribution in [0.2, 0.25) is 0 Å². The Morgan fingerprint density at radius 2 is 2.00 bits per heavy atom. The fourth-order valence-corrected chi connectivity index (χ4v) is 2.36. The first-order valence-electron chi connectivity index (χ1n) is 5.87. The lowest BCUT2D eigenvalue weighted by atomic mass is 9.97. The van der Waals surface area contributed by atoms with Crippen LogP contribution in [0.3, 0.4) is 0 Å². The van der Waals surface area contributed by atoms with Crippen molar-refractivity contribution in [3.05, 3.63) is 28.2 Å². The summed E-state index contributed by atoms with van der Waals surface area (Å²) >= 11 is 3.40. The number of ketones is 1. The van der Waals surface area contributed by atoms with Crippen molar-refractivity contribution in [2.45, 2.75) is 26.4 Å². The number of hydrogen-bond donors (Lipinski definition) is 0. The van der Waals surface area contributed by atoms with Gasteiger partial charge in [-0.3, -0.25) is 4.79 Å². The molecule has 1 atom stereocenters. The second-order valence-electron chi connectivity index (χ2n) is 4.50. The molecule has 0 aromatic heterocycles. The minimum Gasteiger partial charge on any atom is -0.496 e. The highest BCUT2D eigenvalue weighted by Crippen LogP contribution is 2.24. The zero-order valence-corrected chi connectivity index (χ0v) is 12.8. The minimum atomic E-state index is -0.367. The molecule has 18 heavy (non-hydrogen) atoms. The maximum absolute atomic E-state index is 12.2. The predicted molar refractivity (Wildman–Crippen MR) is 75.0 cm³/mol. The Hall–Kier alpha value is -0.870. The summed E-state index contributed by atoms with van der Waals surface area (Å²) in [6.07, 6.45) is -0.0482. The van der Waals surface area contributed by atoms with Crippen LogP contribution in [-0.4, -0.2) is 26.1 Å². The summed E-state index contributed by atoms with van der Waals surface area (Å²) in [6, 6.07) is 5.65. The number of benzene rings is 1. The van der Waals surface area contributed by atoms with Crippen molar-refractivity contribution in [1.82, 2.24) is 0 Å². The zero-order valence-electron chi connectivity index (χ0n) is 11.2. The number of ether oxygens (including phenoxy) is 2. The number of methoxy groups -OCH3 is 2. The maximum atomic E-state index is 12.2. The highest BCUT2D eigenvalue weighted by molar-refractivity contribution is 9.10. The van der Waals surface area contributed by atoms with E-state index in [-0.39, 0.29) is 17.8 Å². The molecule has 0 heterocycles. The van der Waals surface area contributed by atoms with E-state index in [9.17, 15) is 4.79 Å². The summed E-state index contributed by atoms with van der Waals surface area (Å²) in [5.74, 6) is 0.967. The fourth-order valence-electron chi connectivity index (χ4n) is 1.95. The Morgan fingerprint density at radius 3 is 2.50 bits per heavy atom. The summed E-state index contributed by atoms with van der Waals surface area (Å²) in [6.45, 7) is 3.95. The maximum Gasteiger partial charge on any atom is 0.166 e. The summed E-state index contributed by atoms with van der Waals surface area (Å²) in [4.78, 5) is 12.2. The molecule has 4 heteroatoms. The molecule has 0 fully saturated rings. The fraction of sp³-hybridized carbons (Fsp3) is 0.500. The van der Waals surface area contributed by atoms with E-state index in [1.807, 2.05) is 32.0 Å². The molecule has 100 valence electrons. The third kappa shape index (κ3) is 3.82. The van der Waals surface area contributed by atoms with E-state index < -0.39 is 0 Å². The van der Waals surface area contributed by atoms with Crippen molar-refractivity contribution in [2.75, 3.05) is 14.2 Å². The van der Waals surface area contributed by atoms with Crippen molar-refractivity contribution in [3.8, 4) is 5.75 Å². The van der Waals surface area contributed by atoms with Crippen LogP contribution in [-0.2, 0) is 16.0 Å². The second kappa shape index (κ2) is 6.90. The van der Waals surface area contributed by atoms with E-state index in [0.29, 0.717) is 6.42 Å². The number of carbonyl (C=O) groups is 1. The lowest BCUT2D eigenvalue weighted by Crippen LogP contribution is -2.30. The molecule has 1 aromatic carbocycles. The highest BCUT2D eigenvalue weighted by atomic mass is 79.9. The van der Waals surface area contributed by atoms with Crippen LogP contribution in [0.15, 0.2) is 22.7 Å². The molecule has 1 aromatic rings. The van der Waals surface area contributed by atoms with Crippen molar-refractivity contribution < 1.29 is 14.3 Å². The van der Waals surface area contributed by atoms with Gasteiger partial charge in [-0.1, -0.05) is 29.8 Å². The van der Waals surface area contributed by atoms with Crippen molar-refractivity contribution in [1.29, 1.82) is 0 Å². The molecule has 1 unspecified atom stereocenters. The van der Waals surface area contributed by atoms with Crippen LogP contribution in [0.1, 0.15) is 19.4 Å². The van der Waals surface area contributed by atoms with Gasteiger partial charge in [0.15, 0.2) is 5.78 Å². The van der Waals surface area contributed by atoms with Gasteiger partial charge < -0.3 is 9.47 Å². The second-order valence-corrected chi connectivity index (χ2v) is 5.42. The molecule has 0 amide bonds. The number of rotatable bonds is 6. The summed E-state index contributed by atoms with van der Waals surface area (Å²) < 4.78 is 11.4. The molecule has 3 nitrogen and oxygen atoms in total. The highest BCUT2D eigenvalue weighted by Gasteiger charge is 2.22. The first kappa shape index (κ1) is 15.2. The molecule has 0 saturated carbocycles. The normalized spacial score (nSPS) is 12.6. The smallest absolute Gasteiger partial charge is 0.166 e. The standard InChI is InChI=1S/C14H19BrO3/c1-9(2)14(18-4)12(16)8-10-7-11(15)5-6-13(10)17-3/h5-7,9,14H,8H2,1-4H3. The van der Waals surface area contributed by atoms with E-state index in [4.69, 9.17) is 9.47 Å². The number of Topliss-reactive ketones (excluding diaryl/α,β-unsaturated/α-hetero) is 1. The van der Waals surface area contributed by atoms with E-state index in [2.05, 4.69) is 15.9 Å². The summed E-state index contributed by atoms with van der Waals surface area (Å²) in [7, 11) is 3.17. The van der Waals surface area contributed by atoms with Gasteiger partial charge in [0.1, 0.15) is 11.9 Å². The average Bonchev–Trinajstić information content (AvgIpc) is 2.29. The lowest BCUT2D eigenvalue weighted by molar-refractivity contribution is -0.130. The van der Waals surface area contributed by atoms with E-state index in [0.717, 1.165) is 15.8 Å². The van der Waals surface area contributed by atoms with Crippen LogP contribution < -0.4 is 4.74 Å². The van der Waals surface area contributed by atoms with E-state index in [1.165, 1.54) is 0 Å². The molecule has 0 N–H and O–H groups in total. The Bertz CT molecular complexity index is 416. The lowest BCUT2D eigenvalue weighted by Gasteiger charge is -2.18. The average molecular weight is 315 g/mol. The predicted octanol–water partition coefficient (Wildman–Crippen LogP) is 3.24. The molecule has 0 saturated heterocycles. The summed E-state index contributed by atoms with van der Waals surface area (Å²) in [5.41, 5.74) is 0.875. The monoisotopic (exact) mass is 314 g/mol. The molecular formula is C14H19BrO3. The van der Waals surface area contributed by atoms with Crippen molar-refractivity contribution in [2.24, 2.45) is 5.92 Å². The number of hydrogen-bond acceptors (Lipinski definition) is 3. The Morgan fingerprint density at radius 1 is 1.33 bits per heavy atom. The SMILES string of the molecule is COc1ccc(Br)cc1CC(=O)C(OC)C(C)C. The first-order valence-corrected chi connectivity index (χ1v) is 6.66. The van der Waals surface area contributed by atoms with Gasteiger partial charge in [-0.2, -0.15) is 0 Å². The zero-order chi connectivity index (χ0) is 13.7. The number of halogens is 1. The molecule has 1 rings (SSSR count). The van der Waals surface area contributed by atoms with Gasteiger partial charge in [-0.15, -0.1) is 0 Å². The van der Waals surface area contributed by atoms with E-state index in [1.54, 1.807) is 14.2 Å². The van der Waals surface area contributed by atoms with E-state index >= 15 is 0 Å². The van der Waals surface area contributed by atoms with Crippen LogP contribution in [0.4, 0.5) is 0 Å². The third-order valence-electron chi connectivity index (χ3n) is 2.78. The van der Waals surface area contributed by atoms with Crippen LogP contribution in [0.5, 0.6) is 5.75 Å².